The predicted octanol–water partition coefficient (Wildman–Crippen LogP) is 3.58. The molecule has 0 unspecified atom stereocenters. The SMILES string of the molecule is Cc1nnnn1-c1cccc(NC(=O)c2cc3c(F)cccc3s2)c1. The Morgan fingerprint density at radius 2 is 2.04 bits per heavy atom. The Labute approximate surface area is 145 Å². The molecule has 0 aliphatic rings. The molecule has 1 N–H and O–H groups in total. The number of carbonyl (C=O) groups is 1. The lowest BCUT2D eigenvalue weighted by Crippen LogP contribution is -2.10. The van der Waals surface area contributed by atoms with Crippen LogP contribution in [0.2, 0.25) is 0 Å². The van der Waals surface area contributed by atoms with Crippen LogP contribution in [0, 0.1) is 12.7 Å². The highest BCUT2D eigenvalue weighted by atomic mass is 32.1. The molecule has 2 aromatic carbocycles. The molecule has 124 valence electrons. The molecule has 0 saturated heterocycles. The molecule has 6 nitrogen and oxygen atoms in total. The lowest BCUT2D eigenvalue weighted by Gasteiger charge is -2.06. The minimum atomic E-state index is -0.330. The monoisotopic (exact) mass is 353 g/mol. The van der Waals surface area contributed by atoms with E-state index >= 15 is 0 Å². The number of anilines is 1. The van der Waals surface area contributed by atoms with Gasteiger partial charge in [-0.15, -0.1) is 16.4 Å². The lowest BCUT2D eigenvalue weighted by molar-refractivity contribution is 0.103. The molecule has 0 bridgehead atoms. The molecule has 0 aliphatic heterocycles. The number of nitrogens with one attached hydrogen (secondary N) is 1. The van der Waals surface area contributed by atoms with Crippen molar-refractivity contribution in [2.24, 2.45) is 0 Å². The van der Waals surface area contributed by atoms with E-state index in [0.29, 0.717) is 21.8 Å². The maximum atomic E-state index is 13.8. The van der Waals surface area contributed by atoms with Gasteiger partial charge in [0.25, 0.3) is 5.91 Å². The zero-order chi connectivity index (χ0) is 17.4. The highest BCUT2D eigenvalue weighted by Crippen LogP contribution is 2.28. The molecule has 1 amide bonds. The van der Waals surface area contributed by atoms with Crippen LogP contribution in [0.15, 0.2) is 48.5 Å². The first-order chi connectivity index (χ1) is 12.1. The Morgan fingerprint density at radius 1 is 1.20 bits per heavy atom. The summed E-state index contributed by atoms with van der Waals surface area (Å²) in [6.45, 7) is 1.79. The number of rotatable bonds is 3. The van der Waals surface area contributed by atoms with Gasteiger partial charge >= 0.3 is 0 Å². The minimum Gasteiger partial charge on any atom is -0.321 e. The van der Waals surface area contributed by atoms with Crippen LogP contribution in [0.1, 0.15) is 15.5 Å². The van der Waals surface area contributed by atoms with E-state index in [2.05, 4.69) is 20.8 Å². The van der Waals surface area contributed by atoms with Crippen LogP contribution < -0.4 is 5.32 Å². The van der Waals surface area contributed by atoms with Gasteiger partial charge in [0.05, 0.1) is 10.6 Å². The van der Waals surface area contributed by atoms with E-state index in [9.17, 15) is 9.18 Å². The average molecular weight is 353 g/mol. The number of aromatic nitrogens is 4. The van der Waals surface area contributed by atoms with Crippen molar-refractivity contribution in [2.75, 3.05) is 5.32 Å². The van der Waals surface area contributed by atoms with Gasteiger partial charge < -0.3 is 5.32 Å². The molecule has 0 saturated carbocycles. The third-order valence-electron chi connectivity index (χ3n) is 3.71. The third-order valence-corrected chi connectivity index (χ3v) is 4.81. The van der Waals surface area contributed by atoms with Gasteiger partial charge in [-0.3, -0.25) is 4.79 Å². The van der Waals surface area contributed by atoms with Crippen molar-refractivity contribution in [1.29, 1.82) is 0 Å². The zero-order valence-corrected chi connectivity index (χ0v) is 13.9. The number of carbonyl (C=O) groups excluding carboxylic acids is 1. The van der Waals surface area contributed by atoms with Crippen molar-refractivity contribution in [1.82, 2.24) is 20.2 Å². The summed E-state index contributed by atoms with van der Waals surface area (Å²) in [4.78, 5) is 12.9. The molecule has 0 radical (unpaired) electrons. The summed E-state index contributed by atoms with van der Waals surface area (Å²) in [5.41, 5.74) is 1.35. The highest BCUT2D eigenvalue weighted by Gasteiger charge is 2.13. The smallest absolute Gasteiger partial charge is 0.265 e. The standard InChI is InChI=1S/C17H12FN5OS/c1-10-20-21-22-23(10)12-5-2-4-11(8-12)19-17(24)16-9-13-14(18)6-3-7-15(13)25-16/h2-9H,1H3,(H,19,24). The molecule has 4 aromatic rings. The van der Waals surface area contributed by atoms with Crippen LogP contribution in [-0.4, -0.2) is 26.1 Å². The van der Waals surface area contributed by atoms with Crippen molar-refractivity contribution < 1.29 is 9.18 Å². The number of hydrogen-bond donors (Lipinski definition) is 1. The predicted molar refractivity (Wildman–Crippen MR) is 93.6 cm³/mol. The van der Waals surface area contributed by atoms with Gasteiger partial charge in [0.2, 0.25) is 0 Å². The first-order valence-corrected chi connectivity index (χ1v) is 8.28. The largest absolute Gasteiger partial charge is 0.321 e. The lowest BCUT2D eigenvalue weighted by atomic mass is 10.2. The number of nitrogens with zero attached hydrogens (tertiary/aromatic N) is 4. The molecule has 0 atom stereocenters. The summed E-state index contributed by atoms with van der Waals surface area (Å²) in [5.74, 6) is 0.0265. The van der Waals surface area contributed by atoms with E-state index < -0.39 is 0 Å². The first-order valence-electron chi connectivity index (χ1n) is 7.46. The van der Waals surface area contributed by atoms with Crippen LogP contribution in [0.3, 0.4) is 0 Å². The summed E-state index contributed by atoms with van der Waals surface area (Å²) in [6, 6.07) is 13.6. The Bertz CT molecular complexity index is 1090. The van der Waals surface area contributed by atoms with Crippen molar-refractivity contribution in [2.45, 2.75) is 6.92 Å². The van der Waals surface area contributed by atoms with Crippen LogP contribution in [0.25, 0.3) is 15.8 Å². The molecule has 2 aromatic heterocycles. The second-order valence-electron chi connectivity index (χ2n) is 5.40. The number of benzene rings is 2. The third kappa shape index (κ3) is 2.87. The number of aryl methyl sites for hydroxylation is 1. The van der Waals surface area contributed by atoms with Gasteiger partial charge in [0.1, 0.15) is 5.82 Å². The molecule has 0 spiro atoms. The Morgan fingerprint density at radius 3 is 2.80 bits per heavy atom. The van der Waals surface area contributed by atoms with Crippen LogP contribution >= 0.6 is 11.3 Å². The van der Waals surface area contributed by atoms with E-state index in [-0.39, 0.29) is 11.7 Å². The normalized spacial score (nSPS) is 11.0. The number of halogens is 1. The summed E-state index contributed by atoms with van der Waals surface area (Å²) in [5, 5.41) is 14.6. The topological polar surface area (TPSA) is 72.7 Å². The summed E-state index contributed by atoms with van der Waals surface area (Å²) < 4.78 is 16.1. The van der Waals surface area contributed by atoms with Gasteiger partial charge in [0, 0.05) is 15.8 Å². The van der Waals surface area contributed by atoms with Crippen LogP contribution in [0.4, 0.5) is 10.1 Å². The van der Waals surface area contributed by atoms with Crippen LogP contribution in [-0.2, 0) is 0 Å². The zero-order valence-electron chi connectivity index (χ0n) is 13.1. The van der Waals surface area contributed by atoms with Crippen molar-refractivity contribution >= 4 is 33.0 Å². The van der Waals surface area contributed by atoms with Crippen molar-refractivity contribution in [3.63, 3.8) is 0 Å². The van der Waals surface area contributed by atoms with Crippen molar-refractivity contribution in [3.05, 3.63) is 65.0 Å². The molecular weight excluding hydrogens is 341 g/mol. The summed E-state index contributed by atoms with van der Waals surface area (Å²) in [7, 11) is 0. The fraction of sp³-hybridized carbons (Fsp3) is 0.0588. The first kappa shape index (κ1) is 15.4. The Balaban J connectivity index is 1.62. The molecule has 2 heterocycles. The van der Waals surface area contributed by atoms with Crippen molar-refractivity contribution in [3.8, 4) is 5.69 Å². The van der Waals surface area contributed by atoms with E-state index in [4.69, 9.17) is 0 Å². The van der Waals surface area contributed by atoms with Gasteiger partial charge in [-0.25, -0.2) is 4.39 Å². The fourth-order valence-electron chi connectivity index (χ4n) is 2.52. The second kappa shape index (κ2) is 6.06. The quantitative estimate of drug-likeness (QED) is 0.611. The molecular formula is C17H12FN5OS. The Hall–Kier alpha value is -3.13. The molecule has 4 rings (SSSR count). The number of amides is 1. The molecule has 0 aliphatic carbocycles. The number of hydrogen-bond acceptors (Lipinski definition) is 5. The Kier molecular flexibility index (Phi) is 3.73. The van der Waals surface area contributed by atoms with E-state index in [1.165, 1.54) is 17.4 Å². The second-order valence-corrected chi connectivity index (χ2v) is 6.49. The summed E-state index contributed by atoms with van der Waals surface area (Å²) >= 11 is 1.25. The maximum absolute atomic E-state index is 13.8. The van der Waals surface area contributed by atoms with Gasteiger partial charge in [-0.1, -0.05) is 12.1 Å². The summed E-state index contributed by atoms with van der Waals surface area (Å²) in [6.07, 6.45) is 0. The van der Waals surface area contributed by atoms with E-state index in [1.54, 1.807) is 48.0 Å². The van der Waals surface area contributed by atoms with Crippen LogP contribution in [0.5, 0.6) is 0 Å². The molecule has 25 heavy (non-hydrogen) atoms. The number of tetrazole rings is 1. The maximum Gasteiger partial charge on any atom is 0.265 e. The van der Waals surface area contributed by atoms with E-state index in [0.717, 1.165) is 10.4 Å². The molecule has 0 fully saturated rings. The van der Waals surface area contributed by atoms with Gasteiger partial charge in [-0.2, -0.15) is 4.68 Å². The molecule has 8 heteroatoms. The average Bonchev–Trinajstić information content (AvgIpc) is 3.22. The fourth-order valence-corrected chi connectivity index (χ4v) is 3.49. The van der Waals surface area contributed by atoms with Gasteiger partial charge in [0.15, 0.2) is 5.82 Å². The minimum absolute atomic E-state index is 0.286. The van der Waals surface area contributed by atoms with E-state index in [1.807, 2.05) is 6.07 Å². The number of thiophene rings is 1. The van der Waals surface area contributed by atoms with Gasteiger partial charge in [-0.05, 0) is 53.7 Å². The number of fused-ring (bicyclic) bond motifs is 1. The highest BCUT2D eigenvalue weighted by molar-refractivity contribution is 7.20.